The fraction of sp³-hybridized carbons (Fsp3) is 0. The van der Waals surface area contributed by atoms with E-state index in [0.29, 0.717) is 22.1 Å². The zero-order chi connectivity index (χ0) is 18.1. The number of benzene rings is 4. The Kier molecular flexibility index (Phi) is 2.89. The molecular weight excluding hydrogens is 404 g/mol. The molecule has 0 amide bonds. The summed E-state index contributed by atoms with van der Waals surface area (Å²) >= 11 is 3.54. The lowest BCUT2D eigenvalue weighted by Crippen LogP contribution is -2.00. The molecule has 0 atom stereocenters. The summed E-state index contributed by atoms with van der Waals surface area (Å²) in [4.78, 5) is 12.8. The molecule has 0 unspecified atom stereocenters. The van der Waals surface area contributed by atoms with E-state index in [1.54, 1.807) is 12.1 Å². The van der Waals surface area contributed by atoms with Crippen LogP contribution in [0.5, 0.6) is 0 Å². The van der Waals surface area contributed by atoms with Crippen molar-refractivity contribution in [3.05, 3.63) is 81.4 Å². The monoisotopic (exact) mass is 414 g/mol. The lowest BCUT2D eigenvalue weighted by molar-refractivity contribution is 0.648. The standard InChI is InChI=1S/C23H11BrO3/c24-13-8-9-14-12(11-13)7-10-19-20(14)23-21-15(25)3-1-4-16(21)26-17-5-2-6-18(27-19)22(17)23/h1-11H. The van der Waals surface area contributed by atoms with E-state index in [1.165, 1.54) is 0 Å². The molecule has 0 bridgehead atoms. The van der Waals surface area contributed by atoms with E-state index in [2.05, 4.69) is 28.1 Å². The minimum atomic E-state index is -0.0510. The molecule has 0 fully saturated rings. The van der Waals surface area contributed by atoms with Gasteiger partial charge in [-0.15, -0.1) is 0 Å². The summed E-state index contributed by atoms with van der Waals surface area (Å²) in [5.41, 5.74) is 2.70. The number of hydrogen-bond acceptors (Lipinski definition) is 3. The lowest BCUT2D eigenvalue weighted by atomic mass is 9.97. The summed E-state index contributed by atoms with van der Waals surface area (Å²) in [6, 6.07) is 21.0. The Bertz CT molecular complexity index is 1590. The molecule has 2 heterocycles. The third kappa shape index (κ3) is 1.99. The van der Waals surface area contributed by atoms with E-state index in [-0.39, 0.29) is 5.43 Å². The van der Waals surface area contributed by atoms with Crippen molar-refractivity contribution in [2.24, 2.45) is 0 Å². The van der Waals surface area contributed by atoms with E-state index in [0.717, 1.165) is 37.0 Å². The van der Waals surface area contributed by atoms with Crippen LogP contribution in [0.15, 0.2) is 84.8 Å². The highest BCUT2D eigenvalue weighted by molar-refractivity contribution is 9.10. The van der Waals surface area contributed by atoms with Gasteiger partial charge in [0.15, 0.2) is 5.43 Å². The average Bonchev–Trinajstić information content (AvgIpc) is 2.67. The molecule has 6 aromatic rings. The third-order valence-electron chi connectivity index (χ3n) is 5.11. The van der Waals surface area contributed by atoms with Gasteiger partial charge in [0.1, 0.15) is 22.3 Å². The van der Waals surface area contributed by atoms with Gasteiger partial charge in [-0.1, -0.05) is 40.2 Å². The molecule has 0 N–H and O–H groups in total. The molecule has 4 aromatic carbocycles. The first kappa shape index (κ1) is 15.0. The van der Waals surface area contributed by atoms with E-state index in [4.69, 9.17) is 8.83 Å². The SMILES string of the molecule is O=c1cccc2oc3cccc4oc5ccc6cc(Br)ccc6c5c(c12)c34. The smallest absolute Gasteiger partial charge is 0.190 e. The highest BCUT2D eigenvalue weighted by Crippen LogP contribution is 2.40. The van der Waals surface area contributed by atoms with Crippen molar-refractivity contribution < 1.29 is 8.83 Å². The molecule has 128 valence electrons. The maximum absolute atomic E-state index is 12.8. The summed E-state index contributed by atoms with van der Waals surface area (Å²) in [5, 5.41) is 5.39. The van der Waals surface area contributed by atoms with Gasteiger partial charge in [-0.05, 0) is 53.2 Å². The Balaban J connectivity index is 2.09. The summed E-state index contributed by atoms with van der Waals surface area (Å²) in [6.07, 6.45) is 0. The molecule has 6 rings (SSSR count). The Morgan fingerprint density at radius 3 is 2.07 bits per heavy atom. The molecular formula is C23H11BrO3. The fourth-order valence-corrected chi connectivity index (χ4v) is 4.38. The van der Waals surface area contributed by atoms with Gasteiger partial charge in [-0.2, -0.15) is 0 Å². The summed E-state index contributed by atoms with van der Waals surface area (Å²) in [6.45, 7) is 0. The van der Waals surface area contributed by atoms with Gasteiger partial charge in [0.05, 0.1) is 10.8 Å². The first-order chi connectivity index (χ1) is 13.2. The number of fused-ring (bicyclic) bond motifs is 6. The minimum absolute atomic E-state index is 0.0510. The van der Waals surface area contributed by atoms with Gasteiger partial charge < -0.3 is 8.83 Å². The molecule has 0 saturated carbocycles. The van der Waals surface area contributed by atoms with Gasteiger partial charge in [0.2, 0.25) is 0 Å². The molecule has 0 spiro atoms. The second-order valence-electron chi connectivity index (χ2n) is 6.64. The second kappa shape index (κ2) is 5.21. The van der Waals surface area contributed by atoms with E-state index >= 15 is 0 Å². The second-order valence-corrected chi connectivity index (χ2v) is 7.56. The first-order valence-corrected chi connectivity index (χ1v) is 9.39. The number of hydrogen-bond donors (Lipinski definition) is 0. The summed E-state index contributed by atoms with van der Waals surface area (Å²) < 4.78 is 13.3. The van der Waals surface area contributed by atoms with Crippen LogP contribution in [0, 0.1) is 0 Å². The molecule has 2 aromatic heterocycles. The van der Waals surface area contributed by atoms with E-state index < -0.39 is 0 Å². The van der Waals surface area contributed by atoms with Crippen molar-refractivity contribution in [3.8, 4) is 0 Å². The van der Waals surface area contributed by atoms with Crippen molar-refractivity contribution in [2.45, 2.75) is 0 Å². The van der Waals surface area contributed by atoms with Crippen LogP contribution >= 0.6 is 15.9 Å². The lowest BCUT2D eigenvalue weighted by Gasteiger charge is -2.12. The molecule has 0 saturated heterocycles. The van der Waals surface area contributed by atoms with Crippen molar-refractivity contribution in [1.29, 1.82) is 0 Å². The van der Waals surface area contributed by atoms with Crippen LogP contribution in [-0.2, 0) is 0 Å². The first-order valence-electron chi connectivity index (χ1n) is 8.60. The zero-order valence-corrected chi connectivity index (χ0v) is 15.5. The highest BCUT2D eigenvalue weighted by Gasteiger charge is 2.18. The quantitative estimate of drug-likeness (QED) is 0.203. The van der Waals surface area contributed by atoms with Gasteiger partial charge in [0.25, 0.3) is 0 Å². The van der Waals surface area contributed by atoms with Gasteiger partial charge in [-0.25, -0.2) is 0 Å². The molecule has 0 radical (unpaired) electrons. The molecule has 3 nitrogen and oxygen atoms in total. The van der Waals surface area contributed by atoms with Crippen LogP contribution in [0.2, 0.25) is 0 Å². The summed E-state index contributed by atoms with van der Waals surface area (Å²) in [7, 11) is 0. The number of rotatable bonds is 0. The Morgan fingerprint density at radius 1 is 0.630 bits per heavy atom. The average molecular weight is 415 g/mol. The van der Waals surface area contributed by atoms with Crippen LogP contribution < -0.4 is 5.43 Å². The predicted molar refractivity (Wildman–Crippen MR) is 112 cm³/mol. The van der Waals surface area contributed by atoms with E-state index in [1.807, 2.05) is 42.5 Å². The molecule has 4 heteroatoms. The fourth-order valence-electron chi connectivity index (χ4n) is 4.01. The van der Waals surface area contributed by atoms with Gasteiger partial charge in [0, 0.05) is 15.2 Å². The Labute approximate surface area is 160 Å². The third-order valence-corrected chi connectivity index (χ3v) is 5.60. The normalized spacial score (nSPS) is 12.0. The van der Waals surface area contributed by atoms with E-state index in [9.17, 15) is 4.79 Å². The van der Waals surface area contributed by atoms with Gasteiger partial charge >= 0.3 is 0 Å². The predicted octanol–water partition coefficient (Wildman–Crippen LogP) is 6.76. The maximum Gasteiger partial charge on any atom is 0.190 e. The van der Waals surface area contributed by atoms with Crippen molar-refractivity contribution in [1.82, 2.24) is 0 Å². The number of halogens is 1. The van der Waals surface area contributed by atoms with Crippen LogP contribution in [0.25, 0.3) is 54.6 Å². The van der Waals surface area contributed by atoms with Crippen LogP contribution in [0.4, 0.5) is 0 Å². The zero-order valence-electron chi connectivity index (χ0n) is 14.0. The highest BCUT2D eigenvalue weighted by atomic mass is 79.9. The van der Waals surface area contributed by atoms with Crippen LogP contribution in [0.1, 0.15) is 0 Å². The Morgan fingerprint density at radius 2 is 1.30 bits per heavy atom. The van der Waals surface area contributed by atoms with Crippen molar-refractivity contribution >= 4 is 70.6 Å². The van der Waals surface area contributed by atoms with Crippen molar-refractivity contribution in [3.63, 3.8) is 0 Å². The van der Waals surface area contributed by atoms with Crippen molar-refractivity contribution in [2.75, 3.05) is 0 Å². The molecule has 27 heavy (non-hydrogen) atoms. The topological polar surface area (TPSA) is 43.4 Å². The van der Waals surface area contributed by atoms with Crippen LogP contribution in [-0.4, -0.2) is 0 Å². The van der Waals surface area contributed by atoms with Crippen LogP contribution in [0.3, 0.4) is 0 Å². The Hall–Kier alpha value is -3.11. The molecule has 0 aliphatic rings. The minimum Gasteiger partial charge on any atom is -0.456 e. The van der Waals surface area contributed by atoms with Gasteiger partial charge in [-0.3, -0.25) is 4.79 Å². The largest absolute Gasteiger partial charge is 0.456 e. The summed E-state index contributed by atoms with van der Waals surface area (Å²) in [5.74, 6) is 0. The molecule has 0 aliphatic heterocycles. The molecule has 0 aliphatic carbocycles. The maximum atomic E-state index is 12.8.